The Hall–Kier alpha value is 0.200. The Labute approximate surface area is 79.4 Å². The van der Waals surface area contributed by atoms with Crippen LogP contribution in [0.15, 0.2) is 4.34 Å². The number of halogens is 1. The molecule has 0 saturated carbocycles. The summed E-state index contributed by atoms with van der Waals surface area (Å²) in [4.78, 5) is 0. The molecule has 1 aromatic rings. The number of thioether (sulfide) groups is 1. The fourth-order valence-electron chi connectivity index (χ4n) is 0.541. The lowest BCUT2D eigenvalue weighted by molar-refractivity contribution is 0.971. The van der Waals surface area contributed by atoms with Gasteiger partial charge >= 0.3 is 0 Å². The van der Waals surface area contributed by atoms with Crippen LogP contribution < -0.4 is 0 Å². The molecule has 0 aliphatic rings. The normalized spacial score (nSPS) is 10.9. The van der Waals surface area contributed by atoms with Gasteiger partial charge < -0.3 is 0 Å². The van der Waals surface area contributed by atoms with Gasteiger partial charge in [-0.1, -0.05) is 36.9 Å². The largest absolute Gasteiger partial charge is 0.174 e. The molecule has 0 amide bonds. The Morgan fingerprint density at radius 2 is 2.27 bits per heavy atom. The third-order valence-electron chi connectivity index (χ3n) is 0.899. The highest BCUT2D eigenvalue weighted by Gasteiger charge is 2.04. The molecule has 0 aromatic carbocycles. The summed E-state index contributed by atoms with van der Waals surface area (Å²) in [6.45, 7) is 4.26. The minimum atomic E-state index is 0.469. The zero-order valence-electron chi connectivity index (χ0n) is 6.37. The van der Waals surface area contributed by atoms with E-state index in [0.717, 1.165) is 9.35 Å². The maximum Gasteiger partial charge on any atom is 0.174 e. The van der Waals surface area contributed by atoms with Crippen LogP contribution in [-0.4, -0.2) is 15.4 Å². The van der Waals surface area contributed by atoms with Gasteiger partial charge in [-0.3, -0.25) is 0 Å². The highest BCUT2D eigenvalue weighted by atomic mass is 35.5. The van der Waals surface area contributed by atoms with Crippen molar-refractivity contribution in [1.29, 1.82) is 0 Å². The average Bonchev–Trinajstić information content (AvgIpc) is 2.34. The Balaban J connectivity index is 2.58. The summed E-state index contributed by atoms with van der Waals surface area (Å²) in [6.07, 6.45) is 0. The van der Waals surface area contributed by atoms with Gasteiger partial charge in [-0.15, -0.1) is 21.8 Å². The van der Waals surface area contributed by atoms with E-state index in [4.69, 9.17) is 11.6 Å². The Morgan fingerprint density at radius 1 is 1.55 bits per heavy atom. The maximum atomic E-state index is 5.58. The third kappa shape index (κ3) is 2.97. The first kappa shape index (κ1) is 9.29. The number of nitrogens with zero attached hydrogens (tertiary/aromatic N) is 2. The summed E-state index contributed by atoms with van der Waals surface area (Å²) >= 11 is 8.87. The molecule has 0 aliphatic heterocycles. The first-order valence-corrected chi connectivity index (χ1v) is 5.50. The van der Waals surface area contributed by atoms with E-state index >= 15 is 0 Å². The molecule has 1 rings (SSSR count). The summed E-state index contributed by atoms with van der Waals surface area (Å²) in [5, 5.41) is 9.34. The summed E-state index contributed by atoms with van der Waals surface area (Å²) < 4.78 is 1.01. The highest BCUT2D eigenvalue weighted by Crippen LogP contribution is 2.26. The predicted molar refractivity (Wildman–Crippen MR) is 50.5 cm³/mol. The van der Waals surface area contributed by atoms with E-state index in [1.807, 2.05) is 0 Å². The number of aromatic nitrogens is 2. The van der Waals surface area contributed by atoms with E-state index in [-0.39, 0.29) is 0 Å². The predicted octanol–water partition coefficient (Wildman–Crippen LogP) is 2.78. The van der Waals surface area contributed by atoms with Crippen molar-refractivity contribution in [3.63, 3.8) is 0 Å². The summed E-state index contributed by atoms with van der Waals surface area (Å²) in [5.74, 6) is 0.469. The lowest BCUT2D eigenvalue weighted by Gasteiger charge is -1.96. The molecule has 0 N–H and O–H groups in total. The zero-order chi connectivity index (χ0) is 8.27. The van der Waals surface area contributed by atoms with Crippen LogP contribution in [0.1, 0.15) is 18.9 Å². The van der Waals surface area contributed by atoms with Gasteiger partial charge in [0.05, 0.1) is 5.88 Å². The van der Waals surface area contributed by atoms with E-state index in [1.165, 1.54) is 0 Å². The van der Waals surface area contributed by atoms with Gasteiger partial charge in [0.1, 0.15) is 5.01 Å². The second-order valence-corrected chi connectivity index (χ2v) is 5.41. The molecule has 1 aromatic heterocycles. The molecule has 1 heterocycles. The van der Waals surface area contributed by atoms with Crippen LogP contribution in [0.4, 0.5) is 0 Å². The molecule has 0 unspecified atom stereocenters. The molecule has 0 saturated heterocycles. The van der Waals surface area contributed by atoms with Crippen LogP contribution in [0.5, 0.6) is 0 Å². The molecule has 0 bridgehead atoms. The quantitative estimate of drug-likeness (QED) is 0.565. The first-order valence-electron chi connectivity index (χ1n) is 3.27. The van der Waals surface area contributed by atoms with E-state index < -0.39 is 0 Å². The van der Waals surface area contributed by atoms with Gasteiger partial charge in [-0.2, -0.15) is 0 Å². The van der Waals surface area contributed by atoms with Gasteiger partial charge in [0.25, 0.3) is 0 Å². The average molecular weight is 209 g/mol. The van der Waals surface area contributed by atoms with Crippen LogP contribution in [0.25, 0.3) is 0 Å². The molecule has 0 fully saturated rings. The Bertz CT molecular complexity index is 224. The maximum absolute atomic E-state index is 5.58. The molecule has 2 nitrogen and oxygen atoms in total. The topological polar surface area (TPSA) is 25.8 Å². The summed E-state index contributed by atoms with van der Waals surface area (Å²) in [5.41, 5.74) is 0. The van der Waals surface area contributed by atoms with Crippen LogP contribution in [-0.2, 0) is 5.88 Å². The SMILES string of the molecule is CC(C)Sc1nnc(CCl)s1. The highest BCUT2D eigenvalue weighted by molar-refractivity contribution is 8.01. The third-order valence-corrected chi connectivity index (χ3v) is 3.32. The molecule has 0 atom stereocenters. The van der Waals surface area contributed by atoms with Crippen molar-refractivity contribution < 1.29 is 0 Å². The minimum Gasteiger partial charge on any atom is -0.141 e. The first-order chi connectivity index (χ1) is 5.22. The van der Waals surface area contributed by atoms with Crippen molar-refractivity contribution in [2.45, 2.75) is 29.3 Å². The molecule has 0 radical (unpaired) electrons. The van der Waals surface area contributed by atoms with Crippen molar-refractivity contribution in [2.75, 3.05) is 0 Å². The molecule has 0 aliphatic carbocycles. The van der Waals surface area contributed by atoms with Gasteiger partial charge in [0.2, 0.25) is 0 Å². The lowest BCUT2D eigenvalue weighted by atomic mass is 10.6. The minimum absolute atomic E-state index is 0.469. The zero-order valence-corrected chi connectivity index (χ0v) is 8.76. The Morgan fingerprint density at radius 3 is 2.73 bits per heavy atom. The number of hydrogen-bond donors (Lipinski definition) is 0. The molecule has 5 heteroatoms. The Kier molecular flexibility index (Phi) is 3.62. The van der Waals surface area contributed by atoms with E-state index in [2.05, 4.69) is 24.0 Å². The monoisotopic (exact) mass is 208 g/mol. The molecule has 11 heavy (non-hydrogen) atoms. The van der Waals surface area contributed by atoms with Crippen molar-refractivity contribution in [3.05, 3.63) is 5.01 Å². The van der Waals surface area contributed by atoms with Crippen molar-refractivity contribution in [3.8, 4) is 0 Å². The van der Waals surface area contributed by atoms with Crippen molar-refractivity contribution in [2.24, 2.45) is 0 Å². The van der Waals surface area contributed by atoms with E-state index in [0.29, 0.717) is 11.1 Å². The molecule has 0 spiro atoms. The molecular weight excluding hydrogens is 200 g/mol. The van der Waals surface area contributed by atoms with Gasteiger partial charge in [-0.25, -0.2) is 0 Å². The smallest absolute Gasteiger partial charge is 0.141 e. The lowest BCUT2D eigenvalue weighted by Crippen LogP contribution is -1.84. The standard InChI is InChI=1S/C6H9ClN2S2/c1-4(2)10-6-9-8-5(3-7)11-6/h4H,3H2,1-2H3. The van der Waals surface area contributed by atoms with Gasteiger partial charge in [0.15, 0.2) is 4.34 Å². The number of alkyl halides is 1. The fraction of sp³-hybridized carbons (Fsp3) is 0.667. The fourth-order valence-corrected chi connectivity index (χ4v) is 2.73. The molecule has 62 valence electrons. The van der Waals surface area contributed by atoms with Crippen molar-refractivity contribution in [1.82, 2.24) is 10.2 Å². The van der Waals surface area contributed by atoms with Crippen LogP contribution in [0.3, 0.4) is 0 Å². The summed E-state index contributed by atoms with van der Waals surface area (Å²) in [6, 6.07) is 0. The van der Waals surface area contributed by atoms with Gasteiger partial charge in [0, 0.05) is 5.25 Å². The summed E-state index contributed by atoms with van der Waals surface area (Å²) in [7, 11) is 0. The van der Waals surface area contributed by atoms with Crippen LogP contribution >= 0.6 is 34.7 Å². The number of rotatable bonds is 3. The van der Waals surface area contributed by atoms with Crippen LogP contribution in [0.2, 0.25) is 0 Å². The second-order valence-electron chi connectivity index (χ2n) is 2.26. The van der Waals surface area contributed by atoms with Gasteiger partial charge in [-0.05, 0) is 0 Å². The van der Waals surface area contributed by atoms with Crippen LogP contribution in [0, 0.1) is 0 Å². The van der Waals surface area contributed by atoms with Crippen molar-refractivity contribution >= 4 is 34.7 Å². The van der Waals surface area contributed by atoms with E-state index in [1.54, 1.807) is 23.1 Å². The van der Waals surface area contributed by atoms with E-state index in [9.17, 15) is 0 Å². The second kappa shape index (κ2) is 4.28. The number of hydrogen-bond acceptors (Lipinski definition) is 4. The molecular formula is C6H9ClN2S2.